The molecule has 0 aliphatic rings. The van der Waals surface area contributed by atoms with Crippen LogP contribution >= 0.6 is 0 Å². The fourth-order valence-electron chi connectivity index (χ4n) is 2.72. The number of nitrogens with one attached hydrogen (secondary N) is 1. The summed E-state index contributed by atoms with van der Waals surface area (Å²) in [6.45, 7) is 3.10. The van der Waals surface area contributed by atoms with Gasteiger partial charge in [0.1, 0.15) is 0 Å². The Morgan fingerprint density at radius 3 is 2.33 bits per heavy atom. The summed E-state index contributed by atoms with van der Waals surface area (Å²) in [5.41, 5.74) is 1.59. The number of likely N-dealkylation sites (N-methyl/N-ethyl adjacent to an activating group) is 1. The number of rotatable bonds is 9. The van der Waals surface area contributed by atoms with Gasteiger partial charge in [0, 0.05) is 18.7 Å². The van der Waals surface area contributed by atoms with E-state index in [0.717, 1.165) is 6.42 Å². The van der Waals surface area contributed by atoms with Crippen LogP contribution in [-0.2, 0) is 11.2 Å². The second-order valence-electron chi connectivity index (χ2n) is 5.96. The van der Waals surface area contributed by atoms with Crippen LogP contribution in [0.3, 0.4) is 0 Å². The van der Waals surface area contributed by atoms with Crippen molar-refractivity contribution in [3.63, 3.8) is 0 Å². The van der Waals surface area contributed by atoms with Crippen molar-refractivity contribution in [1.29, 1.82) is 0 Å². The maximum atomic E-state index is 12.4. The van der Waals surface area contributed by atoms with Gasteiger partial charge in [-0.25, -0.2) is 0 Å². The van der Waals surface area contributed by atoms with E-state index in [4.69, 9.17) is 9.47 Å². The summed E-state index contributed by atoms with van der Waals surface area (Å²) in [6, 6.07) is 14.9. The number of carbonyl (C=O) groups excluding carboxylic acids is 2. The fourth-order valence-corrected chi connectivity index (χ4v) is 2.72. The van der Waals surface area contributed by atoms with Crippen molar-refractivity contribution in [2.24, 2.45) is 0 Å². The van der Waals surface area contributed by atoms with Gasteiger partial charge in [0.25, 0.3) is 5.91 Å². The largest absolute Gasteiger partial charge is 0.493 e. The minimum absolute atomic E-state index is 0.0458. The van der Waals surface area contributed by atoms with Gasteiger partial charge in [0.05, 0.1) is 20.8 Å². The Bertz CT molecular complexity index is 762. The van der Waals surface area contributed by atoms with E-state index in [1.807, 2.05) is 37.3 Å². The number of ether oxygens (including phenoxy) is 2. The zero-order chi connectivity index (χ0) is 19.6. The van der Waals surface area contributed by atoms with Crippen molar-refractivity contribution in [3.05, 3.63) is 59.7 Å². The highest BCUT2D eigenvalue weighted by atomic mass is 16.5. The standard InChI is InChI=1S/C21H26N2O4/c1-4-23(13-12-16-8-6-5-7-9-16)20(24)15-22-21(25)17-10-11-18(26-2)19(14-17)27-3/h5-11,14H,4,12-13,15H2,1-3H3,(H,22,25). The Morgan fingerprint density at radius 1 is 1.00 bits per heavy atom. The fraction of sp³-hybridized carbons (Fsp3) is 0.333. The van der Waals surface area contributed by atoms with Gasteiger partial charge in [0.15, 0.2) is 11.5 Å². The molecule has 0 fully saturated rings. The maximum absolute atomic E-state index is 12.4. The van der Waals surface area contributed by atoms with E-state index in [1.54, 1.807) is 23.1 Å². The lowest BCUT2D eigenvalue weighted by molar-refractivity contribution is -0.129. The molecule has 144 valence electrons. The molecule has 0 spiro atoms. The van der Waals surface area contributed by atoms with Crippen LogP contribution in [0.15, 0.2) is 48.5 Å². The van der Waals surface area contributed by atoms with Crippen molar-refractivity contribution in [3.8, 4) is 11.5 Å². The van der Waals surface area contributed by atoms with E-state index in [-0.39, 0.29) is 18.4 Å². The third-order valence-corrected chi connectivity index (χ3v) is 4.29. The second-order valence-corrected chi connectivity index (χ2v) is 5.96. The molecule has 0 atom stereocenters. The molecule has 2 aromatic rings. The predicted molar refractivity (Wildman–Crippen MR) is 104 cm³/mol. The van der Waals surface area contributed by atoms with Crippen molar-refractivity contribution in [2.45, 2.75) is 13.3 Å². The maximum Gasteiger partial charge on any atom is 0.251 e. The van der Waals surface area contributed by atoms with Crippen LogP contribution in [0.2, 0.25) is 0 Å². The Hall–Kier alpha value is -3.02. The normalized spacial score (nSPS) is 10.2. The zero-order valence-electron chi connectivity index (χ0n) is 16.0. The number of hydrogen-bond donors (Lipinski definition) is 1. The SMILES string of the molecule is CCN(CCc1ccccc1)C(=O)CNC(=O)c1ccc(OC)c(OC)c1. The number of benzene rings is 2. The van der Waals surface area contributed by atoms with Crippen molar-refractivity contribution < 1.29 is 19.1 Å². The average Bonchev–Trinajstić information content (AvgIpc) is 2.72. The molecule has 27 heavy (non-hydrogen) atoms. The molecule has 0 heterocycles. The summed E-state index contributed by atoms with van der Waals surface area (Å²) in [5.74, 6) is 0.573. The summed E-state index contributed by atoms with van der Waals surface area (Å²) >= 11 is 0. The summed E-state index contributed by atoms with van der Waals surface area (Å²) < 4.78 is 10.4. The van der Waals surface area contributed by atoms with E-state index in [2.05, 4.69) is 5.32 Å². The highest BCUT2D eigenvalue weighted by Crippen LogP contribution is 2.27. The molecule has 6 heteroatoms. The number of methoxy groups -OCH3 is 2. The molecule has 0 aliphatic heterocycles. The van der Waals surface area contributed by atoms with Gasteiger partial charge in [-0.1, -0.05) is 30.3 Å². The lowest BCUT2D eigenvalue weighted by atomic mass is 10.1. The monoisotopic (exact) mass is 370 g/mol. The summed E-state index contributed by atoms with van der Waals surface area (Å²) in [5, 5.41) is 2.67. The first kappa shape index (κ1) is 20.3. The summed E-state index contributed by atoms with van der Waals surface area (Å²) in [7, 11) is 3.04. The molecule has 2 rings (SSSR count). The highest BCUT2D eigenvalue weighted by Gasteiger charge is 2.15. The Kier molecular flexibility index (Phi) is 7.67. The Balaban J connectivity index is 1.90. The summed E-state index contributed by atoms with van der Waals surface area (Å²) in [6.07, 6.45) is 0.782. The van der Waals surface area contributed by atoms with Gasteiger partial charge in [-0.2, -0.15) is 0 Å². The van der Waals surface area contributed by atoms with Crippen LogP contribution in [-0.4, -0.2) is 50.6 Å². The quantitative estimate of drug-likeness (QED) is 0.737. The molecule has 6 nitrogen and oxygen atoms in total. The number of carbonyl (C=O) groups is 2. The molecule has 0 aromatic heterocycles. The van der Waals surface area contributed by atoms with Crippen molar-refractivity contribution >= 4 is 11.8 Å². The minimum atomic E-state index is -0.330. The van der Waals surface area contributed by atoms with Crippen molar-refractivity contribution in [2.75, 3.05) is 33.9 Å². The van der Waals surface area contributed by atoms with Crippen molar-refractivity contribution in [1.82, 2.24) is 10.2 Å². The number of amides is 2. The molecule has 2 amide bonds. The predicted octanol–water partition coefficient (Wildman–Crippen LogP) is 2.52. The molecule has 0 saturated heterocycles. The molecule has 0 saturated carbocycles. The molecule has 0 aliphatic carbocycles. The number of nitrogens with zero attached hydrogens (tertiary/aromatic N) is 1. The lowest BCUT2D eigenvalue weighted by Gasteiger charge is -2.21. The summed E-state index contributed by atoms with van der Waals surface area (Å²) in [4.78, 5) is 26.5. The first-order chi connectivity index (χ1) is 13.1. The first-order valence-corrected chi connectivity index (χ1v) is 8.91. The first-order valence-electron chi connectivity index (χ1n) is 8.91. The molecule has 1 N–H and O–H groups in total. The van der Waals surface area contributed by atoms with Crippen LogP contribution in [0.4, 0.5) is 0 Å². The molecule has 0 unspecified atom stereocenters. The van der Waals surface area contributed by atoms with Gasteiger partial charge >= 0.3 is 0 Å². The smallest absolute Gasteiger partial charge is 0.251 e. The molecular formula is C21H26N2O4. The van der Waals surface area contributed by atoms with Gasteiger partial charge in [-0.05, 0) is 37.1 Å². The van der Waals surface area contributed by atoms with Gasteiger partial charge in [-0.3, -0.25) is 9.59 Å². The lowest BCUT2D eigenvalue weighted by Crippen LogP contribution is -2.41. The van der Waals surface area contributed by atoms with E-state index in [9.17, 15) is 9.59 Å². The van der Waals surface area contributed by atoms with E-state index in [1.165, 1.54) is 19.8 Å². The Labute approximate surface area is 160 Å². The van der Waals surface area contributed by atoms with E-state index >= 15 is 0 Å². The van der Waals surface area contributed by atoms with E-state index < -0.39 is 0 Å². The van der Waals surface area contributed by atoms with Crippen LogP contribution in [0.1, 0.15) is 22.8 Å². The zero-order valence-corrected chi connectivity index (χ0v) is 16.0. The average molecular weight is 370 g/mol. The Morgan fingerprint density at radius 2 is 1.70 bits per heavy atom. The third-order valence-electron chi connectivity index (χ3n) is 4.29. The van der Waals surface area contributed by atoms with E-state index in [0.29, 0.717) is 30.2 Å². The third kappa shape index (κ3) is 5.74. The molecule has 2 aromatic carbocycles. The van der Waals surface area contributed by atoms with Gasteiger partial charge < -0.3 is 19.7 Å². The van der Waals surface area contributed by atoms with Crippen LogP contribution in [0.25, 0.3) is 0 Å². The highest BCUT2D eigenvalue weighted by molar-refractivity contribution is 5.97. The topological polar surface area (TPSA) is 67.9 Å². The second kappa shape index (κ2) is 10.2. The minimum Gasteiger partial charge on any atom is -0.493 e. The van der Waals surface area contributed by atoms with Crippen LogP contribution < -0.4 is 14.8 Å². The molecule has 0 bridgehead atoms. The van der Waals surface area contributed by atoms with Gasteiger partial charge in [0.2, 0.25) is 5.91 Å². The van der Waals surface area contributed by atoms with Crippen LogP contribution in [0, 0.1) is 0 Å². The van der Waals surface area contributed by atoms with Crippen LogP contribution in [0.5, 0.6) is 11.5 Å². The van der Waals surface area contributed by atoms with Gasteiger partial charge in [-0.15, -0.1) is 0 Å². The molecule has 0 radical (unpaired) electrons. The molecular weight excluding hydrogens is 344 g/mol. The number of hydrogen-bond acceptors (Lipinski definition) is 4.